The minimum absolute atomic E-state index is 0.888. The standard InChI is InChI=1S/C9H19NS2.C8H17N/c1-3-5-7-10-9(11)12-8-6-4-2;1-9(2)8-6-4-3-5-7-8/h3-8H2,1-2H3,(H,10,11);8H,3-7H2,1-2H3. The molecule has 1 aliphatic carbocycles. The predicted octanol–water partition coefficient (Wildman–Crippen LogP) is 5.08. The van der Waals surface area contributed by atoms with Gasteiger partial charge in [0.15, 0.2) is 0 Å². The highest BCUT2D eigenvalue weighted by atomic mass is 32.2. The first kappa shape index (κ1) is 21.2. The summed E-state index contributed by atoms with van der Waals surface area (Å²) in [5.74, 6) is 1.16. The zero-order valence-corrected chi connectivity index (χ0v) is 16.3. The normalized spacial score (nSPS) is 15.5. The van der Waals surface area contributed by atoms with Crippen molar-refractivity contribution in [3.05, 3.63) is 0 Å². The van der Waals surface area contributed by atoms with Gasteiger partial charge in [-0.15, -0.1) is 0 Å². The molecule has 0 bridgehead atoms. The Labute approximate surface area is 142 Å². The van der Waals surface area contributed by atoms with Crippen LogP contribution in [0, 0.1) is 0 Å². The minimum atomic E-state index is 0.888. The van der Waals surface area contributed by atoms with E-state index in [9.17, 15) is 0 Å². The Hall–Kier alpha value is 0.200. The topological polar surface area (TPSA) is 15.3 Å². The summed E-state index contributed by atoms with van der Waals surface area (Å²) in [5, 5.41) is 3.24. The van der Waals surface area contributed by atoms with Crippen LogP contribution in [0.4, 0.5) is 0 Å². The summed E-state index contributed by atoms with van der Waals surface area (Å²) in [6.07, 6.45) is 12.2. The van der Waals surface area contributed by atoms with Crippen molar-refractivity contribution >= 4 is 28.3 Å². The largest absolute Gasteiger partial charge is 0.371 e. The lowest BCUT2D eigenvalue weighted by Gasteiger charge is -2.27. The second-order valence-electron chi connectivity index (χ2n) is 6.03. The molecule has 0 aliphatic heterocycles. The zero-order chi connectivity index (χ0) is 15.9. The molecule has 1 fully saturated rings. The van der Waals surface area contributed by atoms with Crippen molar-refractivity contribution in [1.82, 2.24) is 10.2 Å². The molecule has 0 amide bonds. The highest BCUT2D eigenvalue weighted by Gasteiger charge is 2.13. The molecule has 0 aromatic carbocycles. The fraction of sp³-hybridized carbons (Fsp3) is 0.941. The molecule has 1 saturated carbocycles. The van der Waals surface area contributed by atoms with Crippen LogP contribution in [0.15, 0.2) is 0 Å². The van der Waals surface area contributed by atoms with Gasteiger partial charge < -0.3 is 10.2 Å². The average molecular weight is 333 g/mol. The van der Waals surface area contributed by atoms with Gasteiger partial charge >= 0.3 is 0 Å². The molecular weight excluding hydrogens is 296 g/mol. The lowest BCUT2D eigenvalue weighted by Crippen LogP contribution is -2.29. The van der Waals surface area contributed by atoms with Crippen molar-refractivity contribution < 1.29 is 0 Å². The summed E-state index contributed by atoms with van der Waals surface area (Å²) in [6, 6.07) is 0.888. The molecule has 1 aliphatic rings. The van der Waals surface area contributed by atoms with Gasteiger partial charge in [-0.2, -0.15) is 0 Å². The second kappa shape index (κ2) is 15.1. The molecule has 0 aromatic rings. The lowest BCUT2D eigenvalue weighted by atomic mass is 9.95. The molecule has 0 spiro atoms. The number of unbranched alkanes of at least 4 members (excludes halogenated alkanes) is 2. The van der Waals surface area contributed by atoms with Crippen LogP contribution in [-0.2, 0) is 0 Å². The maximum atomic E-state index is 5.13. The number of hydrogen-bond donors (Lipinski definition) is 1. The molecule has 0 unspecified atom stereocenters. The fourth-order valence-corrected chi connectivity index (χ4v) is 3.50. The van der Waals surface area contributed by atoms with Crippen molar-refractivity contribution in [2.45, 2.75) is 77.7 Å². The van der Waals surface area contributed by atoms with Gasteiger partial charge in [0.05, 0.1) is 0 Å². The molecule has 0 atom stereocenters. The number of nitrogens with zero attached hydrogens (tertiary/aromatic N) is 1. The minimum Gasteiger partial charge on any atom is -0.371 e. The SMILES string of the molecule is CCCCNC(=S)SCCCC.CN(C)C1CCCCC1. The van der Waals surface area contributed by atoms with Crippen LogP contribution in [0.3, 0.4) is 0 Å². The average Bonchev–Trinajstić information content (AvgIpc) is 2.49. The molecule has 0 radical (unpaired) electrons. The van der Waals surface area contributed by atoms with Crippen LogP contribution in [-0.4, -0.2) is 41.7 Å². The van der Waals surface area contributed by atoms with E-state index in [2.05, 4.69) is 38.2 Å². The smallest absolute Gasteiger partial charge is 0.133 e. The Kier molecular flexibility index (Phi) is 15.3. The third kappa shape index (κ3) is 13.6. The van der Waals surface area contributed by atoms with Crippen LogP contribution >= 0.6 is 24.0 Å². The van der Waals surface area contributed by atoms with Gasteiger partial charge in [0, 0.05) is 18.3 Å². The number of rotatable bonds is 7. The molecule has 126 valence electrons. The molecule has 21 heavy (non-hydrogen) atoms. The Morgan fingerprint density at radius 2 is 1.71 bits per heavy atom. The van der Waals surface area contributed by atoms with E-state index in [1.807, 2.05) is 0 Å². The molecule has 2 nitrogen and oxygen atoms in total. The van der Waals surface area contributed by atoms with Gasteiger partial charge in [0.1, 0.15) is 4.32 Å². The van der Waals surface area contributed by atoms with E-state index in [-0.39, 0.29) is 0 Å². The Balaban J connectivity index is 0.000000394. The first-order chi connectivity index (χ1) is 10.1. The fourth-order valence-electron chi connectivity index (χ4n) is 2.32. The van der Waals surface area contributed by atoms with Crippen molar-refractivity contribution in [2.24, 2.45) is 0 Å². The van der Waals surface area contributed by atoms with Crippen molar-refractivity contribution in [3.8, 4) is 0 Å². The number of nitrogens with one attached hydrogen (secondary N) is 1. The zero-order valence-electron chi connectivity index (χ0n) is 14.6. The maximum Gasteiger partial charge on any atom is 0.133 e. The second-order valence-corrected chi connectivity index (χ2v) is 7.80. The predicted molar refractivity (Wildman–Crippen MR) is 103 cm³/mol. The molecular formula is C17H36N2S2. The highest BCUT2D eigenvalue weighted by Crippen LogP contribution is 2.20. The summed E-state index contributed by atoms with van der Waals surface area (Å²) >= 11 is 6.90. The number of hydrogen-bond acceptors (Lipinski definition) is 3. The first-order valence-corrected chi connectivity index (χ1v) is 10.1. The van der Waals surface area contributed by atoms with Crippen molar-refractivity contribution in [3.63, 3.8) is 0 Å². The molecule has 0 saturated heterocycles. The summed E-state index contributed by atoms with van der Waals surface area (Å²) in [6.45, 7) is 5.43. The quantitative estimate of drug-likeness (QED) is 0.516. The maximum absolute atomic E-state index is 5.13. The van der Waals surface area contributed by atoms with Gasteiger partial charge in [0.2, 0.25) is 0 Å². The molecule has 0 heterocycles. The third-order valence-electron chi connectivity index (χ3n) is 3.84. The van der Waals surface area contributed by atoms with Crippen molar-refractivity contribution in [1.29, 1.82) is 0 Å². The first-order valence-electron chi connectivity index (χ1n) is 8.68. The van der Waals surface area contributed by atoms with E-state index < -0.39 is 0 Å². The lowest BCUT2D eigenvalue weighted by molar-refractivity contribution is 0.229. The van der Waals surface area contributed by atoms with Crippen LogP contribution in [0.2, 0.25) is 0 Å². The van der Waals surface area contributed by atoms with E-state index in [0.29, 0.717) is 0 Å². The molecule has 4 heteroatoms. The number of thioether (sulfide) groups is 1. The van der Waals surface area contributed by atoms with E-state index in [0.717, 1.165) is 22.7 Å². The summed E-state index contributed by atoms with van der Waals surface area (Å²) in [5.41, 5.74) is 0. The van der Waals surface area contributed by atoms with Crippen LogP contribution in [0.25, 0.3) is 0 Å². The van der Waals surface area contributed by atoms with Gasteiger partial charge in [-0.05, 0) is 39.8 Å². The van der Waals surface area contributed by atoms with Crippen molar-refractivity contribution in [2.75, 3.05) is 26.4 Å². The molecule has 1 N–H and O–H groups in total. The monoisotopic (exact) mass is 332 g/mol. The summed E-state index contributed by atoms with van der Waals surface area (Å²) in [4.78, 5) is 2.36. The molecule has 1 rings (SSSR count). The van der Waals surface area contributed by atoms with Gasteiger partial charge in [-0.3, -0.25) is 0 Å². The Morgan fingerprint density at radius 3 is 2.19 bits per heavy atom. The molecule has 0 aromatic heterocycles. The van der Waals surface area contributed by atoms with Gasteiger partial charge in [-0.25, -0.2) is 0 Å². The number of thiocarbonyl (C=S) groups is 1. The summed E-state index contributed by atoms with van der Waals surface area (Å²) in [7, 11) is 4.38. The van der Waals surface area contributed by atoms with E-state index >= 15 is 0 Å². The third-order valence-corrected chi connectivity index (χ3v) is 5.23. The summed E-state index contributed by atoms with van der Waals surface area (Å²) < 4.78 is 0.969. The van der Waals surface area contributed by atoms with Crippen LogP contribution in [0.5, 0.6) is 0 Å². The highest BCUT2D eigenvalue weighted by molar-refractivity contribution is 8.22. The Bertz CT molecular complexity index is 227. The van der Waals surface area contributed by atoms with Gasteiger partial charge in [0.25, 0.3) is 0 Å². The van der Waals surface area contributed by atoms with E-state index in [1.165, 1.54) is 57.8 Å². The van der Waals surface area contributed by atoms with E-state index in [1.54, 1.807) is 11.8 Å². The van der Waals surface area contributed by atoms with E-state index in [4.69, 9.17) is 12.2 Å². The van der Waals surface area contributed by atoms with Crippen LogP contribution in [0.1, 0.15) is 71.6 Å². The van der Waals surface area contributed by atoms with Gasteiger partial charge in [-0.1, -0.05) is 69.9 Å². The Morgan fingerprint density at radius 1 is 1.10 bits per heavy atom. The van der Waals surface area contributed by atoms with Crippen LogP contribution < -0.4 is 5.32 Å².